The van der Waals surface area contributed by atoms with Crippen LogP contribution in [0.1, 0.15) is 0 Å². The van der Waals surface area contributed by atoms with E-state index >= 15 is 0 Å². The van der Waals surface area contributed by atoms with Crippen molar-refractivity contribution in [2.75, 3.05) is 0 Å². The molecule has 0 aliphatic rings. The lowest BCUT2D eigenvalue weighted by molar-refractivity contribution is 0.476. The molecule has 0 radical (unpaired) electrons. The molecule has 0 aliphatic heterocycles. The normalized spacial score (nSPS) is 9.30. The average Bonchev–Trinajstić information content (AvgIpc) is 1.94. The highest BCUT2D eigenvalue weighted by Crippen LogP contribution is 2.28. The van der Waals surface area contributed by atoms with Gasteiger partial charge in [-0.05, 0) is 18.2 Å². The number of phenolic OH excluding ortho intramolecular Hbond substituents is 1. The quantitative estimate of drug-likeness (QED) is 0.604. The van der Waals surface area contributed by atoms with E-state index in [2.05, 4.69) is 5.11 Å². The summed E-state index contributed by atoms with van der Waals surface area (Å²) in [6, 6.07) is 4.35. The minimum absolute atomic E-state index is 0.0283. The largest absolute Gasteiger partial charge is 0.506 e. The van der Waals surface area contributed by atoms with Crippen LogP contribution in [-0.2, 0) is 0 Å². The predicted molar refractivity (Wildman–Crippen MR) is 37.9 cm³/mol. The Bertz CT molecular complexity index is 262. The van der Waals surface area contributed by atoms with Crippen molar-refractivity contribution in [3.8, 4) is 5.75 Å². The van der Waals surface area contributed by atoms with Gasteiger partial charge in [-0.2, -0.15) is 5.11 Å². The van der Waals surface area contributed by atoms with E-state index in [4.69, 9.17) is 22.2 Å². The highest BCUT2D eigenvalue weighted by Gasteiger charge is 1.97. The lowest BCUT2D eigenvalue weighted by atomic mass is 10.3. The molecule has 0 fully saturated rings. The van der Waals surface area contributed by atoms with Gasteiger partial charge in [-0.15, -0.1) is 0 Å². The highest BCUT2D eigenvalue weighted by atomic mass is 35.5. The second-order valence-corrected chi connectivity index (χ2v) is 2.18. The first-order chi connectivity index (χ1) is 4.74. The summed E-state index contributed by atoms with van der Waals surface area (Å²) in [5.74, 6) is -0.0283. The molecule has 52 valence electrons. The molecule has 1 aromatic carbocycles. The van der Waals surface area contributed by atoms with Gasteiger partial charge in [0.2, 0.25) is 0 Å². The van der Waals surface area contributed by atoms with Gasteiger partial charge >= 0.3 is 0 Å². The van der Waals surface area contributed by atoms with Crippen LogP contribution in [0.2, 0.25) is 5.02 Å². The number of aromatic hydroxyl groups is 1. The van der Waals surface area contributed by atoms with Crippen LogP contribution in [0.15, 0.2) is 23.3 Å². The van der Waals surface area contributed by atoms with Gasteiger partial charge in [-0.1, -0.05) is 11.6 Å². The van der Waals surface area contributed by atoms with E-state index in [1.807, 2.05) is 0 Å². The van der Waals surface area contributed by atoms with Crippen molar-refractivity contribution in [1.29, 1.82) is 5.53 Å². The Morgan fingerprint density at radius 3 is 2.70 bits per heavy atom. The maximum absolute atomic E-state index is 8.96. The zero-order valence-corrected chi connectivity index (χ0v) is 5.76. The lowest BCUT2D eigenvalue weighted by Gasteiger charge is -1.95. The van der Waals surface area contributed by atoms with Crippen molar-refractivity contribution in [1.82, 2.24) is 0 Å². The first kappa shape index (κ1) is 7.02. The molecule has 4 heteroatoms. The van der Waals surface area contributed by atoms with E-state index in [-0.39, 0.29) is 11.4 Å². The molecule has 0 aliphatic carbocycles. The van der Waals surface area contributed by atoms with E-state index in [1.165, 1.54) is 18.2 Å². The number of rotatable bonds is 1. The van der Waals surface area contributed by atoms with E-state index in [0.717, 1.165) is 0 Å². The summed E-state index contributed by atoms with van der Waals surface area (Å²) >= 11 is 5.54. The number of halogens is 1. The fraction of sp³-hybridized carbons (Fsp3) is 0. The molecule has 2 N–H and O–H groups in total. The molecule has 1 aromatic rings. The van der Waals surface area contributed by atoms with Gasteiger partial charge in [0.05, 0.1) is 0 Å². The van der Waals surface area contributed by atoms with Crippen molar-refractivity contribution < 1.29 is 5.11 Å². The summed E-state index contributed by atoms with van der Waals surface area (Å²) in [5, 5.41) is 12.5. The molecule has 0 aromatic heterocycles. The van der Waals surface area contributed by atoms with Crippen LogP contribution in [0.3, 0.4) is 0 Å². The monoisotopic (exact) mass is 156 g/mol. The van der Waals surface area contributed by atoms with Crippen molar-refractivity contribution >= 4 is 17.3 Å². The molecule has 0 heterocycles. The lowest BCUT2D eigenvalue weighted by Crippen LogP contribution is -1.66. The molecule has 0 saturated heterocycles. The topological polar surface area (TPSA) is 56.4 Å². The number of phenols is 1. The van der Waals surface area contributed by atoms with Crippen LogP contribution in [0.25, 0.3) is 0 Å². The van der Waals surface area contributed by atoms with Gasteiger partial charge in [0.15, 0.2) is 0 Å². The Hall–Kier alpha value is -1.09. The van der Waals surface area contributed by atoms with Gasteiger partial charge in [-0.25, -0.2) is 5.53 Å². The third kappa shape index (κ3) is 1.25. The van der Waals surface area contributed by atoms with Crippen LogP contribution in [0.5, 0.6) is 5.75 Å². The zero-order valence-electron chi connectivity index (χ0n) is 5.00. The summed E-state index contributed by atoms with van der Waals surface area (Å²) < 4.78 is 0. The molecule has 1 rings (SSSR count). The summed E-state index contributed by atoms with van der Waals surface area (Å²) in [4.78, 5) is 0. The van der Waals surface area contributed by atoms with E-state index in [9.17, 15) is 0 Å². The Balaban J connectivity index is 3.21. The van der Waals surface area contributed by atoms with Crippen LogP contribution >= 0.6 is 11.6 Å². The van der Waals surface area contributed by atoms with Crippen molar-refractivity contribution in [3.63, 3.8) is 0 Å². The number of nitrogens with one attached hydrogen (secondary N) is 1. The number of hydrogen-bond acceptors (Lipinski definition) is 3. The van der Waals surface area contributed by atoms with E-state index in [1.54, 1.807) is 0 Å². The van der Waals surface area contributed by atoms with Crippen LogP contribution in [0, 0.1) is 5.53 Å². The smallest absolute Gasteiger partial charge is 0.143 e. The Kier molecular flexibility index (Phi) is 1.87. The molecule has 0 unspecified atom stereocenters. The molecule has 0 amide bonds. The summed E-state index contributed by atoms with van der Waals surface area (Å²) in [5.41, 5.74) is 6.78. The first-order valence-electron chi connectivity index (χ1n) is 2.60. The molecule has 0 atom stereocenters. The summed E-state index contributed by atoms with van der Waals surface area (Å²) in [7, 11) is 0. The van der Waals surface area contributed by atoms with Crippen molar-refractivity contribution in [2.24, 2.45) is 5.11 Å². The molecular formula is C6H5ClN2O. The fourth-order valence-corrected chi connectivity index (χ4v) is 0.752. The third-order valence-corrected chi connectivity index (χ3v) is 1.29. The second-order valence-electron chi connectivity index (χ2n) is 1.74. The summed E-state index contributed by atoms with van der Waals surface area (Å²) in [6.45, 7) is 0. The van der Waals surface area contributed by atoms with Gasteiger partial charge in [-0.3, -0.25) is 0 Å². The summed E-state index contributed by atoms with van der Waals surface area (Å²) in [6.07, 6.45) is 0. The molecular weight excluding hydrogens is 152 g/mol. The molecule has 10 heavy (non-hydrogen) atoms. The van der Waals surface area contributed by atoms with E-state index in [0.29, 0.717) is 5.02 Å². The Morgan fingerprint density at radius 1 is 1.50 bits per heavy atom. The SMILES string of the molecule is N=Nc1cc(Cl)ccc1O. The molecule has 3 nitrogen and oxygen atoms in total. The second kappa shape index (κ2) is 2.66. The van der Waals surface area contributed by atoms with Gasteiger partial charge in [0, 0.05) is 5.02 Å². The predicted octanol–water partition coefficient (Wildman–Crippen LogP) is 2.71. The molecule has 0 bridgehead atoms. The fourth-order valence-electron chi connectivity index (χ4n) is 0.586. The minimum Gasteiger partial charge on any atom is -0.506 e. The molecule has 0 saturated carbocycles. The van der Waals surface area contributed by atoms with Crippen LogP contribution < -0.4 is 0 Å². The maximum Gasteiger partial charge on any atom is 0.143 e. The maximum atomic E-state index is 8.96. The van der Waals surface area contributed by atoms with Crippen molar-refractivity contribution in [3.05, 3.63) is 23.2 Å². The van der Waals surface area contributed by atoms with Gasteiger partial charge in [0.1, 0.15) is 11.4 Å². The standard InChI is InChI=1S/C6H5ClN2O/c7-4-1-2-6(10)5(3-4)9-8/h1-3,8,10H. The zero-order chi connectivity index (χ0) is 7.56. The van der Waals surface area contributed by atoms with Crippen LogP contribution in [0.4, 0.5) is 5.69 Å². The minimum atomic E-state index is -0.0283. The average molecular weight is 157 g/mol. The highest BCUT2D eigenvalue weighted by molar-refractivity contribution is 6.30. The Morgan fingerprint density at radius 2 is 2.20 bits per heavy atom. The number of benzene rings is 1. The van der Waals surface area contributed by atoms with Gasteiger partial charge in [0.25, 0.3) is 0 Å². The van der Waals surface area contributed by atoms with Gasteiger partial charge < -0.3 is 5.11 Å². The number of hydrogen-bond donors (Lipinski definition) is 2. The Labute approximate surface area is 62.8 Å². The first-order valence-corrected chi connectivity index (χ1v) is 2.98. The van der Waals surface area contributed by atoms with Crippen LogP contribution in [-0.4, -0.2) is 5.11 Å². The van der Waals surface area contributed by atoms with Crippen molar-refractivity contribution in [2.45, 2.75) is 0 Å². The number of nitrogens with zero attached hydrogens (tertiary/aromatic N) is 1. The van der Waals surface area contributed by atoms with E-state index < -0.39 is 0 Å². The molecule has 0 spiro atoms. The third-order valence-electron chi connectivity index (χ3n) is 1.06.